The number of rotatable bonds is 8. The number of ether oxygens (including phenoxy) is 1. The summed E-state index contributed by atoms with van der Waals surface area (Å²) in [6.45, 7) is 5.45. The van der Waals surface area contributed by atoms with Gasteiger partial charge in [-0.05, 0) is 48.9 Å². The van der Waals surface area contributed by atoms with Crippen molar-refractivity contribution in [2.24, 2.45) is 10.9 Å². The molecule has 24 heavy (non-hydrogen) atoms. The number of aliphatic imine (C=N–C) groups is 1. The second-order valence-electron chi connectivity index (χ2n) is 6.85. The molecular weight excluding hydrogens is 300 g/mol. The Bertz CT molecular complexity index is 552. The number of benzene rings is 1. The van der Waals surface area contributed by atoms with Crippen molar-refractivity contribution in [1.82, 2.24) is 10.2 Å². The van der Waals surface area contributed by atoms with E-state index >= 15 is 0 Å². The Labute approximate surface area is 146 Å². The van der Waals surface area contributed by atoms with Gasteiger partial charge in [-0.1, -0.05) is 6.07 Å². The van der Waals surface area contributed by atoms with Crippen LogP contribution in [-0.2, 0) is 11.3 Å². The Balaban J connectivity index is 1.79. The fourth-order valence-electron chi connectivity index (χ4n) is 2.56. The van der Waals surface area contributed by atoms with Crippen molar-refractivity contribution in [1.29, 1.82) is 0 Å². The largest absolute Gasteiger partial charge is 0.379 e. The molecule has 0 amide bonds. The molecule has 0 atom stereocenters. The first-order valence-corrected chi connectivity index (χ1v) is 8.77. The molecule has 2 rings (SSSR count). The zero-order valence-electron chi connectivity index (χ0n) is 15.8. The highest BCUT2D eigenvalue weighted by Crippen LogP contribution is 2.28. The van der Waals surface area contributed by atoms with Crippen LogP contribution in [0.5, 0.6) is 0 Å². The topological polar surface area (TPSA) is 40.1 Å². The van der Waals surface area contributed by atoms with Crippen LogP contribution in [0.3, 0.4) is 0 Å². The summed E-state index contributed by atoms with van der Waals surface area (Å²) in [7, 11) is 8.01. The maximum atomic E-state index is 5.71. The lowest BCUT2D eigenvalue weighted by Crippen LogP contribution is -2.40. The quantitative estimate of drug-likeness (QED) is 0.451. The summed E-state index contributed by atoms with van der Waals surface area (Å²) >= 11 is 0. The minimum Gasteiger partial charge on any atom is -0.379 e. The van der Waals surface area contributed by atoms with Gasteiger partial charge in [0.15, 0.2) is 5.96 Å². The van der Waals surface area contributed by atoms with Crippen molar-refractivity contribution < 1.29 is 4.74 Å². The molecule has 0 aliphatic heterocycles. The van der Waals surface area contributed by atoms with Crippen LogP contribution in [0.2, 0.25) is 0 Å². The Kier molecular flexibility index (Phi) is 6.91. The van der Waals surface area contributed by atoms with Gasteiger partial charge in [0.2, 0.25) is 0 Å². The fraction of sp³-hybridized carbons (Fsp3) is 0.632. The molecule has 0 saturated heterocycles. The molecule has 0 bridgehead atoms. The van der Waals surface area contributed by atoms with E-state index in [0.717, 1.165) is 38.2 Å². The smallest absolute Gasteiger partial charge is 0.193 e. The van der Waals surface area contributed by atoms with Crippen molar-refractivity contribution in [3.05, 3.63) is 29.3 Å². The van der Waals surface area contributed by atoms with Crippen LogP contribution in [0.15, 0.2) is 23.2 Å². The molecule has 5 heteroatoms. The predicted octanol–water partition coefficient (Wildman–Crippen LogP) is 2.49. The Morgan fingerprint density at radius 2 is 2.04 bits per heavy atom. The third-order valence-electron chi connectivity index (χ3n) is 4.47. The van der Waals surface area contributed by atoms with Gasteiger partial charge in [-0.15, -0.1) is 0 Å². The van der Waals surface area contributed by atoms with Gasteiger partial charge in [0, 0.05) is 53.6 Å². The van der Waals surface area contributed by atoms with E-state index in [2.05, 4.69) is 66.4 Å². The molecule has 1 aliphatic carbocycles. The van der Waals surface area contributed by atoms with E-state index < -0.39 is 0 Å². The number of aryl methyl sites for hydroxylation is 1. The first-order valence-electron chi connectivity index (χ1n) is 8.77. The standard InChI is InChI=1S/C19H32N4O/c1-15-12-18(22(3)4)9-8-17(15)13-21-19(20-2)23(5)10-11-24-14-16-6-7-16/h8-9,12,16H,6-7,10-11,13-14H2,1-5H3,(H,20,21). The van der Waals surface area contributed by atoms with Gasteiger partial charge in [0.25, 0.3) is 0 Å². The molecule has 0 spiro atoms. The number of likely N-dealkylation sites (N-methyl/N-ethyl adjacent to an activating group) is 1. The molecule has 134 valence electrons. The molecule has 1 N–H and O–H groups in total. The number of anilines is 1. The van der Waals surface area contributed by atoms with Crippen LogP contribution in [0, 0.1) is 12.8 Å². The molecule has 1 saturated carbocycles. The van der Waals surface area contributed by atoms with E-state index in [4.69, 9.17) is 4.74 Å². The molecule has 0 aromatic heterocycles. The van der Waals surface area contributed by atoms with Crippen LogP contribution in [-0.4, -0.2) is 58.8 Å². The van der Waals surface area contributed by atoms with E-state index in [1.165, 1.54) is 29.7 Å². The summed E-state index contributed by atoms with van der Waals surface area (Å²) in [4.78, 5) is 8.62. The average molecular weight is 332 g/mol. The zero-order valence-corrected chi connectivity index (χ0v) is 15.8. The van der Waals surface area contributed by atoms with Gasteiger partial charge >= 0.3 is 0 Å². The third-order valence-corrected chi connectivity index (χ3v) is 4.47. The van der Waals surface area contributed by atoms with Crippen LogP contribution < -0.4 is 10.2 Å². The first kappa shape index (κ1) is 18.6. The lowest BCUT2D eigenvalue weighted by Gasteiger charge is -2.22. The zero-order chi connectivity index (χ0) is 17.5. The van der Waals surface area contributed by atoms with Crippen LogP contribution in [0.4, 0.5) is 5.69 Å². The Morgan fingerprint density at radius 1 is 1.29 bits per heavy atom. The summed E-state index contributed by atoms with van der Waals surface area (Å²) in [5.74, 6) is 1.72. The summed E-state index contributed by atoms with van der Waals surface area (Å²) in [5, 5.41) is 3.44. The van der Waals surface area contributed by atoms with Crippen molar-refractivity contribution in [2.75, 3.05) is 52.8 Å². The highest BCUT2D eigenvalue weighted by atomic mass is 16.5. The van der Waals surface area contributed by atoms with Crippen LogP contribution in [0.25, 0.3) is 0 Å². The molecule has 0 radical (unpaired) electrons. The molecule has 1 fully saturated rings. The van der Waals surface area contributed by atoms with Crippen molar-refractivity contribution in [2.45, 2.75) is 26.3 Å². The maximum absolute atomic E-state index is 5.71. The predicted molar refractivity (Wildman–Crippen MR) is 102 cm³/mol. The molecule has 0 heterocycles. The molecule has 1 aromatic carbocycles. The number of nitrogens with one attached hydrogen (secondary N) is 1. The SMILES string of the molecule is CN=C(NCc1ccc(N(C)C)cc1C)N(C)CCOCC1CC1. The third kappa shape index (κ3) is 5.71. The summed E-state index contributed by atoms with van der Waals surface area (Å²) in [6, 6.07) is 6.56. The van der Waals surface area contributed by atoms with E-state index in [0.29, 0.717) is 0 Å². The molecular formula is C19H32N4O. The lowest BCUT2D eigenvalue weighted by atomic mass is 10.1. The molecule has 0 unspecified atom stereocenters. The minimum absolute atomic E-state index is 0.754. The van der Waals surface area contributed by atoms with E-state index in [1.54, 1.807) is 0 Å². The Hall–Kier alpha value is -1.75. The lowest BCUT2D eigenvalue weighted by molar-refractivity contribution is 0.115. The van der Waals surface area contributed by atoms with Crippen LogP contribution >= 0.6 is 0 Å². The van der Waals surface area contributed by atoms with Crippen molar-refractivity contribution >= 4 is 11.6 Å². The maximum Gasteiger partial charge on any atom is 0.193 e. The minimum atomic E-state index is 0.754. The highest BCUT2D eigenvalue weighted by molar-refractivity contribution is 5.79. The average Bonchev–Trinajstić information content (AvgIpc) is 3.37. The number of nitrogens with zero attached hydrogens (tertiary/aromatic N) is 3. The second kappa shape index (κ2) is 8.92. The monoisotopic (exact) mass is 332 g/mol. The van der Waals surface area contributed by atoms with E-state index in [1.807, 2.05) is 7.05 Å². The van der Waals surface area contributed by atoms with E-state index in [9.17, 15) is 0 Å². The van der Waals surface area contributed by atoms with Crippen molar-refractivity contribution in [3.8, 4) is 0 Å². The highest BCUT2D eigenvalue weighted by Gasteiger charge is 2.21. The van der Waals surface area contributed by atoms with E-state index in [-0.39, 0.29) is 0 Å². The normalized spacial score (nSPS) is 14.6. The Morgan fingerprint density at radius 3 is 2.62 bits per heavy atom. The van der Waals surface area contributed by atoms with Gasteiger partial charge in [0.05, 0.1) is 6.61 Å². The van der Waals surface area contributed by atoms with Gasteiger partial charge in [-0.2, -0.15) is 0 Å². The second-order valence-corrected chi connectivity index (χ2v) is 6.85. The fourth-order valence-corrected chi connectivity index (χ4v) is 2.56. The molecule has 5 nitrogen and oxygen atoms in total. The summed E-state index contributed by atoms with van der Waals surface area (Å²) < 4.78 is 5.71. The van der Waals surface area contributed by atoms with Gasteiger partial charge in [-0.3, -0.25) is 4.99 Å². The molecule has 1 aromatic rings. The summed E-state index contributed by atoms with van der Waals surface area (Å²) in [5.41, 5.74) is 3.81. The van der Waals surface area contributed by atoms with Gasteiger partial charge < -0.3 is 19.9 Å². The van der Waals surface area contributed by atoms with Gasteiger partial charge in [0.1, 0.15) is 0 Å². The molecule has 1 aliphatic rings. The van der Waals surface area contributed by atoms with Crippen molar-refractivity contribution in [3.63, 3.8) is 0 Å². The number of hydrogen-bond acceptors (Lipinski definition) is 3. The van der Waals surface area contributed by atoms with Gasteiger partial charge in [-0.25, -0.2) is 0 Å². The number of hydrogen-bond donors (Lipinski definition) is 1. The van der Waals surface area contributed by atoms with Crippen LogP contribution in [0.1, 0.15) is 24.0 Å². The number of guanidine groups is 1. The first-order chi connectivity index (χ1) is 11.5. The summed E-state index contributed by atoms with van der Waals surface area (Å²) in [6.07, 6.45) is 2.68.